The summed E-state index contributed by atoms with van der Waals surface area (Å²) in [6.45, 7) is 1.79. The van der Waals surface area contributed by atoms with Crippen LogP contribution in [0.4, 0.5) is 4.39 Å². The molecule has 1 aromatic rings. The topological polar surface area (TPSA) is 75.6 Å². The zero-order chi connectivity index (χ0) is 14.5. The first kappa shape index (κ1) is 15.9. The highest BCUT2D eigenvalue weighted by atomic mass is 32.2. The van der Waals surface area contributed by atoms with E-state index in [1.54, 1.807) is 0 Å². The van der Waals surface area contributed by atoms with Gasteiger partial charge in [-0.3, -0.25) is 0 Å². The zero-order valence-corrected chi connectivity index (χ0v) is 11.7. The van der Waals surface area contributed by atoms with Crippen molar-refractivity contribution in [3.05, 3.63) is 24.0 Å². The average molecular weight is 291 g/mol. The summed E-state index contributed by atoms with van der Waals surface area (Å²) in [6.07, 6.45) is 0.502. The zero-order valence-electron chi connectivity index (χ0n) is 10.9. The Morgan fingerprint density at radius 1 is 1.47 bits per heavy atom. The van der Waals surface area contributed by atoms with Gasteiger partial charge in [-0.1, -0.05) is 13.3 Å². The Hall–Kier alpha value is -1.18. The number of sulfonamides is 1. The van der Waals surface area contributed by atoms with Crippen LogP contribution in [0.5, 0.6) is 5.75 Å². The van der Waals surface area contributed by atoms with E-state index in [1.807, 2.05) is 6.92 Å². The summed E-state index contributed by atoms with van der Waals surface area (Å²) >= 11 is 0. The maximum Gasteiger partial charge on any atom is 0.240 e. The number of aliphatic hydroxyl groups excluding tert-OH is 1. The molecular weight excluding hydrogens is 273 g/mol. The summed E-state index contributed by atoms with van der Waals surface area (Å²) in [5.74, 6) is -0.774. The van der Waals surface area contributed by atoms with Gasteiger partial charge in [-0.05, 0) is 24.6 Å². The Kier molecular flexibility index (Phi) is 5.71. The number of nitrogens with one attached hydrogen (secondary N) is 1. The fourth-order valence-electron chi connectivity index (χ4n) is 1.54. The fourth-order valence-corrected chi connectivity index (χ4v) is 2.62. The minimum Gasteiger partial charge on any atom is -0.494 e. The van der Waals surface area contributed by atoms with Crippen molar-refractivity contribution in [1.29, 1.82) is 0 Å². The van der Waals surface area contributed by atoms with E-state index in [2.05, 4.69) is 4.72 Å². The molecule has 5 nitrogen and oxygen atoms in total. The van der Waals surface area contributed by atoms with E-state index in [-0.39, 0.29) is 17.2 Å². The third-order valence-corrected chi connectivity index (χ3v) is 3.99. The monoisotopic (exact) mass is 291 g/mol. The average Bonchev–Trinajstić information content (AvgIpc) is 2.37. The molecule has 0 aliphatic heterocycles. The number of halogens is 1. The molecule has 0 aromatic heterocycles. The maximum atomic E-state index is 13.4. The van der Waals surface area contributed by atoms with E-state index in [4.69, 9.17) is 4.74 Å². The Morgan fingerprint density at radius 2 is 2.16 bits per heavy atom. The lowest BCUT2D eigenvalue weighted by Gasteiger charge is -2.11. The van der Waals surface area contributed by atoms with Crippen LogP contribution in [0.1, 0.15) is 19.8 Å². The smallest absolute Gasteiger partial charge is 0.240 e. The van der Waals surface area contributed by atoms with Crippen molar-refractivity contribution in [3.63, 3.8) is 0 Å². The summed E-state index contributed by atoms with van der Waals surface area (Å²) in [7, 11) is -2.53. The Balaban J connectivity index is 2.80. The summed E-state index contributed by atoms with van der Waals surface area (Å²) in [5, 5.41) is 9.48. The van der Waals surface area contributed by atoms with E-state index in [1.165, 1.54) is 19.2 Å². The molecule has 0 radical (unpaired) electrons. The molecule has 0 fully saturated rings. The largest absolute Gasteiger partial charge is 0.494 e. The van der Waals surface area contributed by atoms with Crippen molar-refractivity contribution < 1.29 is 22.7 Å². The fraction of sp³-hybridized carbons (Fsp3) is 0.500. The highest BCUT2D eigenvalue weighted by molar-refractivity contribution is 7.89. The molecule has 1 unspecified atom stereocenters. The van der Waals surface area contributed by atoms with Gasteiger partial charge in [0.25, 0.3) is 0 Å². The van der Waals surface area contributed by atoms with Gasteiger partial charge in [-0.2, -0.15) is 0 Å². The molecule has 1 rings (SSSR count). The standard InChI is InChI=1S/C12H18FNO4S/c1-3-4-9(15)8-14-19(16,17)10-5-6-12(18-2)11(13)7-10/h5-7,9,14-15H,3-4,8H2,1-2H3. The second kappa shape index (κ2) is 6.83. The van der Waals surface area contributed by atoms with Crippen molar-refractivity contribution in [3.8, 4) is 5.75 Å². The van der Waals surface area contributed by atoms with E-state index in [0.29, 0.717) is 6.42 Å². The molecule has 1 atom stereocenters. The number of benzene rings is 1. The lowest BCUT2D eigenvalue weighted by Crippen LogP contribution is -2.32. The van der Waals surface area contributed by atoms with Crippen LogP contribution in [0.15, 0.2) is 23.1 Å². The van der Waals surface area contributed by atoms with Gasteiger partial charge in [-0.25, -0.2) is 17.5 Å². The third kappa shape index (κ3) is 4.45. The van der Waals surface area contributed by atoms with Gasteiger partial charge in [-0.15, -0.1) is 0 Å². The molecule has 0 spiro atoms. The molecule has 7 heteroatoms. The SMILES string of the molecule is CCCC(O)CNS(=O)(=O)c1ccc(OC)c(F)c1. The summed E-state index contributed by atoms with van der Waals surface area (Å²) in [6, 6.07) is 3.37. The molecule has 2 N–H and O–H groups in total. The van der Waals surface area contributed by atoms with Gasteiger partial charge in [0.2, 0.25) is 10.0 Å². The minimum absolute atomic E-state index is 0.0232. The molecular formula is C12H18FNO4S. The van der Waals surface area contributed by atoms with Crippen molar-refractivity contribution in [2.24, 2.45) is 0 Å². The highest BCUT2D eigenvalue weighted by Gasteiger charge is 2.17. The summed E-state index contributed by atoms with van der Waals surface area (Å²) in [4.78, 5) is -0.200. The van der Waals surface area contributed by atoms with Gasteiger partial charge >= 0.3 is 0 Å². The first-order valence-corrected chi connectivity index (χ1v) is 7.40. The van der Waals surface area contributed by atoms with E-state index in [9.17, 15) is 17.9 Å². The lowest BCUT2D eigenvalue weighted by atomic mass is 10.2. The Morgan fingerprint density at radius 3 is 2.68 bits per heavy atom. The first-order chi connectivity index (χ1) is 8.90. The van der Waals surface area contributed by atoms with Crippen LogP contribution in [0.3, 0.4) is 0 Å². The van der Waals surface area contributed by atoms with E-state index >= 15 is 0 Å². The number of methoxy groups -OCH3 is 1. The second-order valence-electron chi connectivity index (χ2n) is 4.09. The number of hydrogen-bond acceptors (Lipinski definition) is 4. The van der Waals surface area contributed by atoms with E-state index in [0.717, 1.165) is 12.5 Å². The molecule has 0 bridgehead atoms. The molecule has 1 aromatic carbocycles. The minimum atomic E-state index is -3.83. The number of rotatable bonds is 7. The van der Waals surface area contributed by atoms with Gasteiger partial charge in [0.1, 0.15) is 0 Å². The third-order valence-electron chi connectivity index (χ3n) is 2.56. The van der Waals surface area contributed by atoms with Gasteiger partial charge in [0.15, 0.2) is 11.6 Å². The molecule has 0 aliphatic carbocycles. The number of ether oxygens (including phenoxy) is 1. The number of aliphatic hydroxyl groups is 1. The Bertz CT molecular complexity index is 518. The van der Waals surface area contributed by atoms with Gasteiger partial charge < -0.3 is 9.84 Å². The quantitative estimate of drug-likeness (QED) is 0.793. The predicted octanol–water partition coefficient (Wildman–Crippen LogP) is 1.27. The normalized spacial score (nSPS) is 13.3. The maximum absolute atomic E-state index is 13.4. The molecule has 108 valence electrons. The van der Waals surface area contributed by atoms with Crippen LogP contribution in [-0.2, 0) is 10.0 Å². The highest BCUT2D eigenvalue weighted by Crippen LogP contribution is 2.20. The molecule has 0 aliphatic rings. The van der Waals surface area contributed by atoms with E-state index < -0.39 is 21.9 Å². The van der Waals surface area contributed by atoms with Gasteiger partial charge in [0, 0.05) is 6.54 Å². The molecule has 19 heavy (non-hydrogen) atoms. The molecule has 0 saturated carbocycles. The second-order valence-corrected chi connectivity index (χ2v) is 5.86. The summed E-state index contributed by atoms with van der Waals surface area (Å²) < 4.78 is 44.1. The van der Waals surface area contributed by atoms with Crippen LogP contribution in [0, 0.1) is 5.82 Å². The van der Waals surface area contributed by atoms with Gasteiger partial charge in [0.05, 0.1) is 18.1 Å². The lowest BCUT2D eigenvalue weighted by molar-refractivity contribution is 0.167. The molecule has 0 saturated heterocycles. The van der Waals surface area contributed by atoms with Crippen LogP contribution in [0.25, 0.3) is 0 Å². The first-order valence-electron chi connectivity index (χ1n) is 5.92. The molecule has 0 amide bonds. The molecule has 0 heterocycles. The van der Waals surface area contributed by atoms with Crippen molar-refractivity contribution in [2.45, 2.75) is 30.8 Å². The summed E-state index contributed by atoms with van der Waals surface area (Å²) in [5.41, 5.74) is 0. The Labute approximate surface area is 112 Å². The van der Waals surface area contributed by atoms with Crippen LogP contribution >= 0.6 is 0 Å². The van der Waals surface area contributed by atoms with Crippen LogP contribution in [0.2, 0.25) is 0 Å². The van der Waals surface area contributed by atoms with Crippen molar-refractivity contribution in [1.82, 2.24) is 4.72 Å². The predicted molar refractivity (Wildman–Crippen MR) is 69.1 cm³/mol. The number of hydrogen-bond donors (Lipinski definition) is 2. The van der Waals surface area contributed by atoms with Crippen molar-refractivity contribution >= 4 is 10.0 Å². The van der Waals surface area contributed by atoms with Crippen LogP contribution < -0.4 is 9.46 Å². The van der Waals surface area contributed by atoms with Crippen molar-refractivity contribution in [2.75, 3.05) is 13.7 Å². The van der Waals surface area contributed by atoms with Crippen LogP contribution in [-0.4, -0.2) is 33.3 Å².